The number of carbonyl (C=O) groups is 3. The van der Waals surface area contributed by atoms with Gasteiger partial charge in [-0.25, -0.2) is 4.79 Å². The van der Waals surface area contributed by atoms with Gasteiger partial charge in [-0.3, -0.25) is 14.5 Å². The van der Waals surface area contributed by atoms with Crippen molar-refractivity contribution in [3.8, 4) is 17.2 Å². The molecule has 0 fully saturated rings. The summed E-state index contributed by atoms with van der Waals surface area (Å²) in [5.41, 5.74) is 1.12. The number of hydrogen-bond donors (Lipinski definition) is 0. The van der Waals surface area contributed by atoms with Crippen molar-refractivity contribution in [2.24, 2.45) is 0 Å². The number of carbonyl (C=O) groups excluding carboxylic acids is 3. The van der Waals surface area contributed by atoms with E-state index in [0.717, 1.165) is 4.90 Å². The Morgan fingerprint density at radius 2 is 1.53 bits per heavy atom. The monoisotopic (exact) mass is 667 g/mol. The molecule has 0 bridgehead atoms. The van der Waals surface area contributed by atoms with Gasteiger partial charge in [0.2, 0.25) is 0 Å². The topological polar surface area (TPSA) is 91.4 Å². The molecule has 11 heteroatoms. The molecular weight excluding hydrogens is 646 g/mol. The zero-order valence-electron chi connectivity index (χ0n) is 20.8. The second-order valence-corrected chi connectivity index (χ2v) is 9.77. The maximum Gasteiger partial charge on any atom is 0.414 e. The third-order valence-corrected chi connectivity index (χ3v) is 6.55. The molecule has 0 saturated heterocycles. The fourth-order valence-electron chi connectivity index (χ4n) is 3.40. The number of ether oxygens (including phenoxy) is 4. The Morgan fingerprint density at radius 3 is 2.11 bits per heavy atom. The van der Waals surface area contributed by atoms with E-state index in [2.05, 4.69) is 31.9 Å². The fraction of sp³-hybridized carbons (Fsp3) is 0.222. The first-order valence-corrected chi connectivity index (χ1v) is 13.4. The maximum atomic E-state index is 13.2. The molecule has 0 aliphatic rings. The summed E-state index contributed by atoms with van der Waals surface area (Å²) in [4.78, 5) is 39.0. The Balaban J connectivity index is 1.94. The van der Waals surface area contributed by atoms with Gasteiger partial charge >= 0.3 is 12.1 Å². The van der Waals surface area contributed by atoms with Crippen molar-refractivity contribution in [1.29, 1.82) is 0 Å². The van der Waals surface area contributed by atoms with Gasteiger partial charge < -0.3 is 18.9 Å². The Labute approximate surface area is 242 Å². The highest BCUT2D eigenvalue weighted by molar-refractivity contribution is 9.11. The number of rotatable bonds is 10. The van der Waals surface area contributed by atoms with E-state index in [-0.39, 0.29) is 25.5 Å². The molecule has 8 nitrogen and oxygen atoms in total. The lowest BCUT2D eigenvalue weighted by Gasteiger charge is -2.22. The highest BCUT2D eigenvalue weighted by Gasteiger charge is 2.24. The first kappa shape index (κ1) is 29.5. The van der Waals surface area contributed by atoms with Crippen LogP contribution in [0.2, 0.25) is 5.02 Å². The van der Waals surface area contributed by atoms with Crippen LogP contribution in [0.5, 0.6) is 17.2 Å². The Bertz CT molecular complexity index is 1310. The molecule has 3 rings (SSSR count). The number of benzene rings is 3. The van der Waals surface area contributed by atoms with Crippen LogP contribution in [0.4, 0.5) is 10.5 Å². The lowest BCUT2D eigenvalue weighted by Crippen LogP contribution is -2.37. The first-order chi connectivity index (χ1) is 18.2. The highest BCUT2D eigenvalue weighted by Crippen LogP contribution is 2.41. The molecular formula is C27H24Br2ClNO7. The minimum atomic E-state index is -0.700. The Hall–Kier alpha value is -3.08. The summed E-state index contributed by atoms with van der Waals surface area (Å²) in [6.07, 6.45) is -0.700. The van der Waals surface area contributed by atoms with Gasteiger partial charge in [-0.2, -0.15) is 0 Å². The zero-order chi connectivity index (χ0) is 27.8. The van der Waals surface area contributed by atoms with E-state index >= 15 is 0 Å². The van der Waals surface area contributed by atoms with Crippen LogP contribution in [0.1, 0.15) is 29.8 Å². The molecule has 0 spiro atoms. The summed E-state index contributed by atoms with van der Waals surface area (Å²) in [6.45, 7) is 3.33. The van der Waals surface area contributed by atoms with E-state index in [9.17, 15) is 14.4 Å². The normalized spacial score (nSPS) is 10.5. The molecule has 200 valence electrons. The fourth-order valence-corrected chi connectivity index (χ4v) is 4.85. The van der Waals surface area contributed by atoms with E-state index in [4.69, 9.17) is 30.5 Å². The number of halogens is 3. The molecule has 0 N–H and O–H groups in total. The van der Waals surface area contributed by atoms with E-state index in [1.807, 2.05) is 0 Å². The van der Waals surface area contributed by atoms with Gasteiger partial charge in [0.05, 0.1) is 40.5 Å². The van der Waals surface area contributed by atoms with E-state index in [0.29, 0.717) is 48.0 Å². The third kappa shape index (κ3) is 7.27. The van der Waals surface area contributed by atoms with Crippen molar-refractivity contribution in [1.82, 2.24) is 0 Å². The van der Waals surface area contributed by atoms with Crippen LogP contribution < -0.4 is 14.4 Å². The van der Waals surface area contributed by atoms with Gasteiger partial charge in [0.15, 0.2) is 11.5 Å². The lowest BCUT2D eigenvalue weighted by atomic mass is 10.0. The first-order valence-electron chi connectivity index (χ1n) is 11.4. The van der Waals surface area contributed by atoms with Crippen LogP contribution in [0.25, 0.3) is 0 Å². The molecule has 3 aromatic carbocycles. The van der Waals surface area contributed by atoms with Gasteiger partial charge in [0, 0.05) is 10.6 Å². The van der Waals surface area contributed by atoms with Crippen LogP contribution >= 0.6 is 43.5 Å². The molecule has 38 heavy (non-hydrogen) atoms. The number of anilines is 1. The summed E-state index contributed by atoms with van der Waals surface area (Å²) < 4.78 is 22.5. The Morgan fingerprint density at radius 1 is 0.895 bits per heavy atom. The highest BCUT2D eigenvalue weighted by atomic mass is 79.9. The van der Waals surface area contributed by atoms with Crippen molar-refractivity contribution < 1.29 is 33.3 Å². The summed E-state index contributed by atoms with van der Waals surface area (Å²) in [7, 11) is 1.48. The molecule has 0 aliphatic heterocycles. The number of ketones is 1. The number of esters is 1. The largest absolute Gasteiger partial charge is 0.496 e. The number of hydrogen-bond acceptors (Lipinski definition) is 7. The van der Waals surface area contributed by atoms with Gasteiger partial charge in [-0.05, 0) is 100 Å². The average Bonchev–Trinajstić information content (AvgIpc) is 2.89. The van der Waals surface area contributed by atoms with E-state index in [1.165, 1.54) is 7.11 Å². The molecule has 0 aliphatic carbocycles. The molecule has 3 aromatic rings. The van der Waals surface area contributed by atoms with Crippen molar-refractivity contribution in [3.05, 3.63) is 79.7 Å². The second-order valence-electron chi connectivity index (χ2n) is 7.63. The number of methoxy groups -OCH3 is 1. The van der Waals surface area contributed by atoms with Crippen molar-refractivity contribution >= 4 is 67.0 Å². The molecule has 0 aromatic heterocycles. The van der Waals surface area contributed by atoms with Gasteiger partial charge in [-0.1, -0.05) is 11.6 Å². The molecule has 0 atom stereocenters. The Kier molecular flexibility index (Phi) is 10.6. The SMILES string of the molecule is CCOC(=O)CN(C(=O)OCC)c1cc(Br)c(Oc2ccc(OC)c(C(=O)c3ccc(Cl)cc3)c2)c(Br)c1. The molecule has 0 saturated carbocycles. The predicted molar refractivity (Wildman–Crippen MR) is 151 cm³/mol. The predicted octanol–water partition coefficient (Wildman–Crippen LogP) is 7.42. The summed E-state index contributed by atoms with van der Waals surface area (Å²) in [6, 6.07) is 14.6. The minimum absolute atomic E-state index is 0.135. The van der Waals surface area contributed by atoms with E-state index in [1.54, 1.807) is 68.4 Å². The van der Waals surface area contributed by atoms with Crippen LogP contribution in [0.15, 0.2) is 63.5 Å². The number of nitrogens with zero attached hydrogens (tertiary/aromatic N) is 1. The third-order valence-electron chi connectivity index (χ3n) is 5.12. The standard InChI is InChI=1S/C27H24Br2ClNO7/c1-4-36-24(32)15-31(27(34)37-5-2)18-12-21(28)26(22(29)13-18)38-19-10-11-23(35-3)20(14-19)25(33)16-6-8-17(30)9-7-16/h6-14H,4-5,15H2,1-3H3. The van der Waals surface area contributed by atoms with E-state index < -0.39 is 12.1 Å². The molecule has 0 unspecified atom stereocenters. The van der Waals surface area contributed by atoms with Crippen LogP contribution in [0, 0.1) is 0 Å². The molecule has 1 amide bonds. The van der Waals surface area contributed by atoms with Crippen LogP contribution in [-0.4, -0.2) is 44.7 Å². The zero-order valence-corrected chi connectivity index (χ0v) is 24.7. The van der Waals surface area contributed by atoms with Gasteiger partial charge in [-0.15, -0.1) is 0 Å². The maximum absolute atomic E-state index is 13.2. The summed E-state index contributed by atoms with van der Waals surface area (Å²) >= 11 is 12.9. The number of amides is 1. The van der Waals surface area contributed by atoms with Crippen molar-refractivity contribution in [3.63, 3.8) is 0 Å². The van der Waals surface area contributed by atoms with Gasteiger partial charge in [0.25, 0.3) is 0 Å². The molecule has 0 heterocycles. The quantitative estimate of drug-likeness (QED) is 0.164. The summed E-state index contributed by atoms with van der Waals surface area (Å²) in [5.74, 6) is 0.287. The average molecular weight is 670 g/mol. The van der Waals surface area contributed by atoms with Gasteiger partial charge in [0.1, 0.15) is 18.0 Å². The van der Waals surface area contributed by atoms with Crippen molar-refractivity contribution in [2.75, 3.05) is 31.8 Å². The second kappa shape index (κ2) is 13.6. The smallest absolute Gasteiger partial charge is 0.414 e. The molecule has 0 radical (unpaired) electrons. The van der Waals surface area contributed by atoms with Crippen molar-refractivity contribution in [2.45, 2.75) is 13.8 Å². The lowest BCUT2D eigenvalue weighted by molar-refractivity contribution is -0.141. The minimum Gasteiger partial charge on any atom is -0.496 e. The summed E-state index contributed by atoms with van der Waals surface area (Å²) in [5, 5.41) is 0.521. The van der Waals surface area contributed by atoms with Crippen LogP contribution in [-0.2, 0) is 14.3 Å². The van der Waals surface area contributed by atoms with Crippen LogP contribution in [0.3, 0.4) is 0 Å².